The Bertz CT molecular complexity index is 403. The van der Waals surface area contributed by atoms with Crippen molar-refractivity contribution in [3.63, 3.8) is 0 Å². The molecule has 0 spiro atoms. The van der Waals surface area contributed by atoms with E-state index < -0.39 is 17.6 Å². The number of hydrogen-bond acceptors (Lipinski definition) is 0. The van der Waals surface area contributed by atoms with E-state index in [1.807, 2.05) is 0 Å². The lowest BCUT2D eigenvalue weighted by molar-refractivity contribution is -0.140. The first kappa shape index (κ1) is 13.4. The van der Waals surface area contributed by atoms with Crippen molar-refractivity contribution >= 4 is 0 Å². The van der Waals surface area contributed by atoms with E-state index in [-0.39, 0.29) is 0 Å². The first-order chi connectivity index (χ1) is 8.47. The molecular formula is C14H16F4. The molecule has 1 aliphatic carbocycles. The predicted molar refractivity (Wildman–Crippen MR) is 61.7 cm³/mol. The third-order valence-electron chi connectivity index (χ3n) is 3.59. The van der Waals surface area contributed by atoms with E-state index in [9.17, 15) is 17.6 Å². The average Bonchev–Trinajstić information content (AvgIpc) is 2.28. The summed E-state index contributed by atoms with van der Waals surface area (Å²) in [5.74, 6) is -0.661. The Morgan fingerprint density at radius 3 is 2.28 bits per heavy atom. The summed E-state index contributed by atoms with van der Waals surface area (Å²) in [4.78, 5) is 0. The van der Waals surface area contributed by atoms with Gasteiger partial charge in [0.15, 0.2) is 0 Å². The van der Waals surface area contributed by atoms with Crippen LogP contribution in [0, 0.1) is 11.7 Å². The van der Waals surface area contributed by atoms with Crippen LogP contribution in [0.25, 0.3) is 0 Å². The molecule has 2 rings (SSSR count). The third-order valence-corrected chi connectivity index (χ3v) is 3.59. The van der Waals surface area contributed by atoms with Crippen molar-refractivity contribution in [1.29, 1.82) is 0 Å². The minimum absolute atomic E-state index is 0.495. The first-order valence-electron chi connectivity index (χ1n) is 6.32. The molecule has 1 aliphatic rings. The normalized spacial score (nSPS) is 18.0. The van der Waals surface area contributed by atoms with E-state index in [2.05, 4.69) is 0 Å². The molecule has 0 unspecified atom stereocenters. The fourth-order valence-corrected chi connectivity index (χ4v) is 2.64. The second-order valence-corrected chi connectivity index (χ2v) is 5.02. The quantitative estimate of drug-likeness (QED) is 0.659. The van der Waals surface area contributed by atoms with Gasteiger partial charge in [0.2, 0.25) is 0 Å². The Hall–Kier alpha value is -1.06. The lowest BCUT2D eigenvalue weighted by Crippen LogP contribution is -2.11. The van der Waals surface area contributed by atoms with Crippen molar-refractivity contribution in [2.24, 2.45) is 5.92 Å². The first-order valence-corrected chi connectivity index (χ1v) is 6.32. The molecule has 0 nitrogen and oxygen atoms in total. The molecule has 18 heavy (non-hydrogen) atoms. The van der Waals surface area contributed by atoms with Crippen LogP contribution in [-0.4, -0.2) is 0 Å². The summed E-state index contributed by atoms with van der Waals surface area (Å²) in [5.41, 5.74) is -0.498. The Labute approximate surface area is 104 Å². The van der Waals surface area contributed by atoms with Crippen LogP contribution in [0.3, 0.4) is 0 Å². The molecule has 0 aromatic heterocycles. The highest BCUT2D eigenvalue weighted by Crippen LogP contribution is 2.33. The van der Waals surface area contributed by atoms with Gasteiger partial charge in [-0.1, -0.05) is 38.2 Å². The van der Waals surface area contributed by atoms with Gasteiger partial charge in [-0.3, -0.25) is 0 Å². The van der Waals surface area contributed by atoms with Crippen LogP contribution in [0.2, 0.25) is 0 Å². The van der Waals surface area contributed by atoms with E-state index in [1.54, 1.807) is 0 Å². The molecule has 4 heteroatoms. The smallest absolute Gasteiger partial charge is 0.206 e. The summed E-state index contributed by atoms with van der Waals surface area (Å²) in [7, 11) is 0. The Kier molecular flexibility index (Phi) is 3.93. The van der Waals surface area contributed by atoms with Gasteiger partial charge in [-0.2, -0.15) is 13.2 Å². The molecule has 1 aromatic rings. The molecule has 0 saturated heterocycles. The van der Waals surface area contributed by atoms with Crippen molar-refractivity contribution in [3.05, 3.63) is 35.1 Å². The van der Waals surface area contributed by atoms with Gasteiger partial charge in [-0.05, 0) is 30.0 Å². The second-order valence-electron chi connectivity index (χ2n) is 5.02. The van der Waals surface area contributed by atoms with Crippen molar-refractivity contribution in [2.45, 2.75) is 44.7 Å². The number of halogens is 4. The summed E-state index contributed by atoms with van der Waals surface area (Å²) in [6.45, 7) is 0. The van der Waals surface area contributed by atoms with Crippen LogP contribution in [0.1, 0.15) is 43.2 Å². The van der Waals surface area contributed by atoms with E-state index in [0.29, 0.717) is 17.9 Å². The van der Waals surface area contributed by atoms with Crippen LogP contribution < -0.4 is 0 Å². The molecule has 0 radical (unpaired) electrons. The SMILES string of the molecule is Fc1cc(CC2CCCCC2)ccc1C(F)(F)F. The lowest BCUT2D eigenvalue weighted by atomic mass is 9.85. The molecule has 0 atom stereocenters. The zero-order chi connectivity index (χ0) is 13.2. The van der Waals surface area contributed by atoms with Gasteiger partial charge in [0.1, 0.15) is 5.82 Å². The van der Waals surface area contributed by atoms with Crippen molar-refractivity contribution in [3.8, 4) is 0 Å². The monoisotopic (exact) mass is 260 g/mol. The summed E-state index contributed by atoms with van der Waals surface area (Å²) in [6, 6.07) is 3.30. The summed E-state index contributed by atoms with van der Waals surface area (Å²) in [5, 5.41) is 0. The molecule has 0 bridgehead atoms. The minimum Gasteiger partial charge on any atom is -0.206 e. The molecule has 1 aromatic carbocycles. The molecule has 100 valence electrons. The summed E-state index contributed by atoms with van der Waals surface area (Å²) < 4.78 is 50.6. The van der Waals surface area contributed by atoms with Gasteiger partial charge in [0.05, 0.1) is 5.56 Å². The van der Waals surface area contributed by atoms with Gasteiger partial charge in [-0.15, -0.1) is 0 Å². The van der Waals surface area contributed by atoms with Gasteiger partial charge in [0, 0.05) is 0 Å². The van der Waals surface area contributed by atoms with Crippen LogP contribution >= 0.6 is 0 Å². The van der Waals surface area contributed by atoms with Crippen molar-refractivity contribution < 1.29 is 17.6 Å². The van der Waals surface area contributed by atoms with E-state index in [1.165, 1.54) is 25.3 Å². The standard InChI is InChI=1S/C14H16F4/c15-13-9-11(6-7-12(13)14(16,17)18)8-10-4-2-1-3-5-10/h6-7,9-10H,1-5,8H2. The molecule has 0 heterocycles. The second kappa shape index (κ2) is 5.29. The molecule has 0 amide bonds. The molecule has 1 fully saturated rings. The molecule has 0 aliphatic heterocycles. The number of rotatable bonds is 2. The highest BCUT2D eigenvalue weighted by molar-refractivity contribution is 5.26. The fourth-order valence-electron chi connectivity index (χ4n) is 2.64. The Morgan fingerprint density at radius 1 is 1.06 bits per heavy atom. The number of benzene rings is 1. The van der Waals surface area contributed by atoms with Gasteiger partial charge in [0.25, 0.3) is 0 Å². The van der Waals surface area contributed by atoms with Crippen LogP contribution in [0.5, 0.6) is 0 Å². The number of alkyl halides is 3. The predicted octanol–water partition coefficient (Wildman–Crippen LogP) is 4.97. The largest absolute Gasteiger partial charge is 0.419 e. The van der Waals surface area contributed by atoms with Crippen LogP contribution in [0.15, 0.2) is 18.2 Å². The zero-order valence-corrected chi connectivity index (χ0v) is 10.1. The van der Waals surface area contributed by atoms with Gasteiger partial charge in [-0.25, -0.2) is 4.39 Å². The Balaban J connectivity index is 2.08. The average molecular weight is 260 g/mol. The topological polar surface area (TPSA) is 0 Å². The maximum atomic E-state index is 13.4. The molecule has 1 saturated carbocycles. The van der Waals surface area contributed by atoms with E-state index in [4.69, 9.17) is 0 Å². The van der Waals surface area contributed by atoms with Crippen molar-refractivity contribution in [2.75, 3.05) is 0 Å². The van der Waals surface area contributed by atoms with Crippen LogP contribution in [-0.2, 0) is 12.6 Å². The maximum Gasteiger partial charge on any atom is 0.419 e. The zero-order valence-electron chi connectivity index (χ0n) is 10.1. The molecule has 0 N–H and O–H groups in total. The summed E-state index contributed by atoms with van der Waals surface area (Å²) in [6.07, 6.45) is 1.87. The minimum atomic E-state index is -4.60. The highest BCUT2D eigenvalue weighted by Gasteiger charge is 2.33. The fraction of sp³-hybridized carbons (Fsp3) is 0.571. The highest BCUT2D eigenvalue weighted by atomic mass is 19.4. The van der Waals surface area contributed by atoms with Gasteiger partial charge < -0.3 is 0 Å². The third kappa shape index (κ3) is 3.24. The lowest BCUT2D eigenvalue weighted by Gasteiger charge is -2.21. The van der Waals surface area contributed by atoms with E-state index >= 15 is 0 Å². The van der Waals surface area contributed by atoms with Gasteiger partial charge >= 0.3 is 6.18 Å². The maximum absolute atomic E-state index is 13.4. The Morgan fingerprint density at radius 2 is 1.72 bits per heavy atom. The van der Waals surface area contributed by atoms with Crippen LogP contribution in [0.4, 0.5) is 17.6 Å². The van der Waals surface area contributed by atoms with E-state index in [0.717, 1.165) is 25.0 Å². The molecular weight excluding hydrogens is 244 g/mol. The summed E-state index contributed by atoms with van der Waals surface area (Å²) >= 11 is 0. The number of hydrogen-bond donors (Lipinski definition) is 0. The van der Waals surface area contributed by atoms with Crippen molar-refractivity contribution in [1.82, 2.24) is 0 Å².